The van der Waals surface area contributed by atoms with Gasteiger partial charge in [0.1, 0.15) is 5.76 Å². The molecule has 1 amide bonds. The molecule has 1 aromatic rings. The number of carbonyl (C=O) groups excluding carboxylic acids is 1. The fraction of sp³-hybridized carbons (Fsp3) is 0.500. The Hall–Kier alpha value is -1.50. The number of carboxylic acid groups (broad SMARTS) is 1. The number of carboxylic acids is 1. The lowest BCUT2D eigenvalue weighted by Gasteiger charge is -2.03. The minimum atomic E-state index is -0.923. The molecule has 0 fully saturated rings. The standard InChI is InChI=1S/C10H14N2O4S/c1-6-8(7(2)16-12-6)3-11-9(13)4-17-5-10(14)15/h3-5H2,1-2H3,(H,11,13)(H,14,15). The summed E-state index contributed by atoms with van der Waals surface area (Å²) >= 11 is 1.06. The molecule has 0 aliphatic carbocycles. The summed E-state index contributed by atoms with van der Waals surface area (Å²) in [6.45, 7) is 3.94. The molecular weight excluding hydrogens is 244 g/mol. The van der Waals surface area contributed by atoms with E-state index in [1.165, 1.54) is 0 Å². The fourth-order valence-corrected chi connectivity index (χ4v) is 1.79. The minimum absolute atomic E-state index is 0.0707. The molecule has 0 bridgehead atoms. The number of nitrogens with one attached hydrogen (secondary N) is 1. The molecule has 1 aromatic heterocycles. The van der Waals surface area contributed by atoms with Gasteiger partial charge in [-0.1, -0.05) is 5.16 Å². The third-order valence-corrected chi connectivity index (χ3v) is 3.02. The molecule has 1 heterocycles. The number of carbonyl (C=O) groups is 2. The molecule has 0 saturated heterocycles. The van der Waals surface area contributed by atoms with Crippen molar-refractivity contribution >= 4 is 23.6 Å². The lowest BCUT2D eigenvalue weighted by molar-refractivity contribution is -0.133. The molecule has 0 spiro atoms. The monoisotopic (exact) mass is 258 g/mol. The van der Waals surface area contributed by atoms with Gasteiger partial charge in [-0.25, -0.2) is 0 Å². The average molecular weight is 258 g/mol. The van der Waals surface area contributed by atoms with Crippen LogP contribution in [-0.4, -0.2) is 33.6 Å². The third kappa shape index (κ3) is 4.48. The molecule has 1 rings (SSSR count). The van der Waals surface area contributed by atoms with E-state index in [9.17, 15) is 9.59 Å². The number of hydrogen-bond acceptors (Lipinski definition) is 5. The predicted octanol–water partition coefficient (Wildman–Crippen LogP) is 0.725. The number of thioether (sulfide) groups is 1. The highest BCUT2D eigenvalue weighted by Gasteiger charge is 2.10. The van der Waals surface area contributed by atoms with Crippen LogP contribution < -0.4 is 5.32 Å². The average Bonchev–Trinajstić information content (AvgIpc) is 2.55. The van der Waals surface area contributed by atoms with Crippen LogP contribution in [0.4, 0.5) is 0 Å². The van der Waals surface area contributed by atoms with Gasteiger partial charge in [0, 0.05) is 12.1 Å². The quantitative estimate of drug-likeness (QED) is 0.781. The summed E-state index contributed by atoms with van der Waals surface area (Å²) in [4.78, 5) is 21.6. The van der Waals surface area contributed by atoms with Crippen molar-refractivity contribution in [3.05, 3.63) is 17.0 Å². The van der Waals surface area contributed by atoms with Crippen molar-refractivity contribution in [2.75, 3.05) is 11.5 Å². The van der Waals surface area contributed by atoms with Gasteiger partial charge in [-0.3, -0.25) is 9.59 Å². The van der Waals surface area contributed by atoms with Crippen molar-refractivity contribution in [3.63, 3.8) is 0 Å². The Morgan fingerprint density at radius 1 is 1.41 bits per heavy atom. The van der Waals surface area contributed by atoms with Crippen molar-refractivity contribution in [2.24, 2.45) is 0 Å². The van der Waals surface area contributed by atoms with Gasteiger partial charge in [0.2, 0.25) is 5.91 Å². The maximum atomic E-state index is 11.4. The second-order valence-corrected chi connectivity index (χ2v) is 4.45. The molecule has 7 heteroatoms. The Morgan fingerprint density at radius 2 is 2.12 bits per heavy atom. The van der Waals surface area contributed by atoms with Crippen LogP contribution in [-0.2, 0) is 16.1 Å². The van der Waals surface area contributed by atoms with Crippen LogP contribution in [0.1, 0.15) is 17.0 Å². The number of amides is 1. The molecule has 0 aliphatic rings. The van der Waals surface area contributed by atoms with E-state index in [-0.39, 0.29) is 17.4 Å². The SMILES string of the molecule is Cc1noc(C)c1CNC(=O)CSCC(=O)O. The highest BCUT2D eigenvalue weighted by Crippen LogP contribution is 2.11. The first-order valence-corrected chi connectivity index (χ1v) is 6.14. The maximum absolute atomic E-state index is 11.4. The Balaban J connectivity index is 2.31. The number of aromatic nitrogens is 1. The second kappa shape index (κ2) is 6.29. The summed E-state index contributed by atoms with van der Waals surface area (Å²) < 4.78 is 4.96. The molecule has 94 valence electrons. The summed E-state index contributed by atoms with van der Waals surface area (Å²) in [7, 11) is 0. The van der Waals surface area contributed by atoms with Crippen LogP contribution in [0.3, 0.4) is 0 Å². The minimum Gasteiger partial charge on any atom is -0.481 e. The van der Waals surface area contributed by atoms with Crippen molar-refractivity contribution < 1.29 is 19.2 Å². The Morgan fingerprint density at radius 3 is 2.65 bits per heavy atom. The van der Waals surface area contributed by atoms with E-state index in [4.69, 9.17) is 9.63 Å². The molecule has 0 aromatic carbocycles. The summed E-state index contributed by atoms with van der Waals surface area (Å²) in [6, 6.07) is 0. The van der Waals surface area contributed by atoms with E-state index >= 15 is 0 Å². The zero-order chi connectivity index (χ0) is 12.8. The molecule has 0 radical (unpaired) electrons. The van der Waals surface area contributed by atoms with Crippen LogP contribution in [0.15, 0.2) is 4.52 Å². The number of nitrogens with zero attached hydrogens (tertiary/aromatic N) is 1. The fourth-order valence-electron chi connectivity index (χ4n) is 1.22. The van der Waals surface area contributed by atoms with Crippen molar-refractivity contribution in [1.82, 2.24) is 10.5 Å². The molecule has 6 nitrogen and oxygen atoms in total. The molecule has 2 N–H and O–H groups in total. The van der Waals surface area contributed by atoms with Gasteiger partial charge >= 0.3 is 5.97 Å². The molecule has 17 heavy (non-hydrogen) atoms. The summed E-state index contributed by atoms with van der Waals surface area (Å²) in [5.74, 6) is -0.375. The van der Waals surface area contributed by atoms with Gasteiger partial charge in [0.05, 0.1) is 17.2 Å². The van der Waals surface area contributed by atoms with E-state index in [0.717, 1.165) is 23.0 Å². The Labute approximate surface area is 103 Å². The second-order valence-electron chi connectivity index (χ2n) is 3.47. The smallest absolute Gasteiger partial charge is 0.313 e. The summed E-state index contributed by atoms with van der Waals surface area (Å²) in [6.07, 6.45) is 0. The lowest BCUT2D eigenvalue weighted by Crippen LogP contribution is -2.25. The zero-order valence-electron chi connectivity index (χ0n) is 9.65. The van der Waals surface area contributed by atoms with Crippen LogP contribution in [0.25, 0.3) is 0 Å². The number of rotatable bonds is 6. The van der Waals surface area contributed by atoms with Gasteiger partial charge in [-0.05, 0) is 13.8 Å². The van der Waals surface area contributed by atoms with E-state index in [1.807, 2.05) is 0 Å². The van der Waals surface area contributed by atoms with E-state index in [2.05, 4.69) is 10.5 Å². The summed E-state index contributed by atoms with van der Waals surface area (Å²) in [5, 5.41) is 14.9. The van der Waals surface area contributed by atoms with Crippen LogP contribution >= 0.6 is 11.8 Å². The Kier molecular flexibility index (Phi) is 5.02. The van der Waals surface area contributed by atoms with Crippen LogP contribution in [0.2, 0.25) is 0 Å². The van der Waals surface area contributed by atoms with Gasteiger partial charge < -0.3 is 14.9 Å². The highest BCUT2D eigenvalue weighted by molar-refractivity contribution is 8.00. The van der Waals surface area contributed by atoms with Gasteiger partial charge in [0.15, 0.2) is 0 Å². The first-order valence-electron chi connectivity index (χ1n) is 4.98. The highest BCUT2D eigenvalue weighted by atomic mass is 32.2. The third-order valence-electron chi connectivity index (χ3n) is 2.10. The molecular formula is C10H14N2O4S. The van der Waals surface area contributed by atoms with E-state index < -0.39 is 5.97 Å². The van der Waals surface area contributed by atoms with Gasteiger partial charge in [0.25, 0.3) is 0 Å². The van der Waals surface area contributed by atoms with Crippen LogP contribution in [0, 0.1) is 13.8 Å². The van der Waals surface area contributed by atoms with Gasteiger partial charge in [-0.15, -0.1) is 11.8 Å². The lowest BCUT2D eigenvalue weighted by atomic mass is 10.2. The summed E-state index contributed by atoms with van der Waals surface area (Å²) in [5.41, 5.74) is 1.61. The first kappa shape index (κ1) is 13.6. The Bertz CT molecular complexity index is 397. The normalized spacial score (nSPS) is 10.2. The van der Waals surface area contributed by atoms with E-state index in [1.54, 1.807) is 13.8 Å². The van der Waals surface area contributed by atoms with Crippen molar-refractivity contribution in [1.29, 1.82) is 0 Å². The van der Waals surface area contributed by atoms with E-state index in [0.29, 0.717) is 12.3 Å². The van der Waals surface area contributed by atoms with Crippen LogP contribution in [0.5, 0.6) is 0 Å². The molecule has 0 saturated carbocycles. The molecule has 0 aliphatic heterocycles. The topological polar surface area (TPSA) is 92.4 Å². The predicted molar refractivity (Wildman–Crippen MR) is 62.8 cm³/mol. The molecule has 0 atom stereocenters. The van der Waals surface area contributed by atoms with Crippen molar-refractivity contribution in [2.45, 2.75) is 20.4 Å². The number of hydrogen-bond donors (Lipinski definition) is 2. The largest absolute Gasteiger partial charge is 0.481 e. The number of aryl methyl sites for hydroxylation is 2. The zero-order valence-corrected chi connectivity index (χ0v) is 10.5. The molecule has 0 unspecified atom stereocenters. The first-order chi connectivity index (χ1) is 8.00. The van der Waals surface area contributed by atoms with Gasteiger partial charge in [-0.2, -0.15) is 0 Å². The number of aliphatic carboxylic acids is 1. The van der Waals surface area contributed by atoms with Crippen molar-refractivity contribution in [3.8, 4) is 0 Å². The maximum Gasteiger partial charge on any atom is 0.313 e.